The molecule has 1 heterocycles. The third-order valence-electron chi connectivity index (χ3n) is 3.69. The van der Waals surface area contributed by atoms with E-state index in [1.807, 2.05) is 85.7 Å². The number of anilines is 1. The minimum absolute atomic E-state index is 0.00316. The molecule has 0 saturated heterocycles. The molecule has 0 N–H and O–H groups in total. The molecule has 0 fully saturated rings. The molecule has 0 unspecified atom stereocenters. The Morgan fingerprint density at radius 3 is 2.23 bits per heavy atom. The number of benzene rings is 2. The van der Waals surface area contributed by atoms with Crippen LogP contribution in [0, 0.1) is 22.7 Å². The topological polar surface area (TPSA) is 75.5 Å². The van der Waals surface area contributed by atoms with Gasteiger partial charge < -0.3 is 4.90 Å². The first-order valence-electron chi connectivity index (χ1n) is 7.85. The largest absolute Gasteiger partial charge is 0.378 e. The predicted octanol–water partition coefficient (Wildman–Crippen LogP) is 4.28. The van der Waals surface area contributed by atoms with Crippen LogP contribution in [-0.4, -0.2) is 24.9 Å². The van der Waals surface area contributed by atoms with Gasteiger partial charge in [0.1, 0.15) is 27.9 Å². The summed E-state index contributed by atoms with van der Waals surface area (Å²) in [4.78, 5) is 11.2. The van der Waals surface area contributed by atoms with Gasteiger partial charge in [-0.15, -0.1) is 0 Å². The third-order valence-corrected chi connectivity index (χ3v) is 4.66. The van der Waals surface area contributed by atoms with E-state index in [9.17, 15) is 0 Å². The van der Waals surface area contributed by atoms with E-state index < -0.39 is 0 Å². The normalized spacial score (nSPS) is 14.5. The molecule has 0 radical (unpaired) electrons. The number of aliphatic imine (C=N–C) groups is 2. The molecule has 126 valence electrons. The van der Waals surface area contributed by atoms with E-state index in [0.29, 0.717) is 15.8 Å². The zero-order valence-electron chi connectivity index (χ0n) is 14.3. The Hall–Kier alpha value is -3.35. The van der Waals surface area contributed by atoms with E-state index in [1.54, 1.807) is 0 Å². The summed E-state index contributed by atoms with van der Waals surface area (Å²) in [6, 6.07) is 21.3. The third kappa shape index (κ3) is 3.66. The van der Waals surface area contributed by atoms with Crippen molar-refractivity contribution >= 4 is 33.9 Å². The number of hydrogen-bond donors (Lipinski definition) is 0. The lowest BCUT2D eigenvalue weighted by Crippen LogP contribution is -2.08. The second-order valence-electron chi connectivity index (χ2n) is 5.66. The summed E-state index contributed by atoms with van der Waals surface area (Å²) in [5.41, 5.74) is 3.44. The van der Waals surface area contributed by atoms with Crippen molar-refractivity contribution in [1.82, 2.24) is 0 Å². The fourth-order valence-corrected chi connectivity index (χ4v) is 3.27. The molecule has 2 aromatic carbocycles. The highest BCUT2D eigenvalue weighted by Crippen LogP contribution is 2.34. The fourth-order valence-electron chi connectivity index (χ4n) is 2.34. The Balaban J connectivity index is 2.05. The van der Waals surface area contributed by atoms with Gasteiger partial charge in [-0.2, -0.15) is 10.5 Å². The van der Waals surface area contributed by atoms with E-state index in [0.717, 1.165) is 16.9 Å². The Morgan fingerprint density at radius 1 is 1.00 bits per heavy atom. The SMILES string of the molecule is CN(C)c1ccc(/N=C2\SC(=C(C#N)C#N)N=C2c2ccccc2)cc1. The summed E-state index contributed by atoms with van der Waals surface area (Å²) in [7, 11) is 3.96. The van der Waals surface area contributed by atoms with Crippen molar-refractivity contribution in [1.29, 1.82) is 10.5 Å². The number of nitriles is 2. The second kappa shape index (κ2) is 7.69. The van der Waals surface area contributed by atoms with Crippen LogP contribution in [0.1, 0.15) is 5.56 Å². The first-order chi connectivity index (χ1) is 12.6. The molecule has 0 saturated carbocycles. The van der Waals surface area contributed by atoms with E-state index in [4.69, 9.17) is 15.5 Å². The van der Waals surface area contributed by atoms with Crippen LogP contribution in [0.3, 0.4) is 0 Å². The van der Waals surface area contributed by atoms with Crippen molar-refractivity contribution in [3.05, 3.63) is 70.8 Å². The predicted molar refractivity (Wildman–Crippen MR) is 107 cm³/mol. The number of allylic oxidation sites excluding steroid dienone is 1. The molecule has 3 rings (SSSR count). The summed E-state index contributed by atoms with van der Waals surface area (Å²) >= 11 is 1.25. The lowest BCUT2D eigenvalue weighted by Gasteiger charge is -2.11. The van der Waals surface area contributed by atoms with Gasteiger partial charge in [0.2, 0.25) is 0 Å². The molecule has 2 aromatic rings. The van der Waals surface area contributed by atoms with Crippen LogP contribution in [-0.2, 0) is 0 Å². The second-order valence-corrected chi connectivity index (χ2v) is 6.64. The molecule has 6 heteroatoms. The van der Waals surface area contributed by atoms with Crippen molar-refractivity contribution in [3.63, 3.8) is 0 Å². The quantitative estimate of drug-likeness (QED) is 0.769. The van der Waals surface area contributed by atoms with Crippen LogP contribution in [0.25, 0.3) is 0 Å². The van der Waals surface area contributed by atoms with Gasteiger partial charge in [0.25, 0.3) is 0 Å². The summed E-state index contributed by atoms with van der Waals surface area (Å²) in [5.74, 6) is 0. The lowest BCUT2D eigenvalue weighted by atomic mass is 10.1. The van der Waals surface area contributed by atoms with Crippen molar-refractivity contribution in [2.75, 3.05) is 19.0 Å². The standard InChI is InChI=1S/C20H15N5S/c1-25(2)17-10-8-16(9-11-17)23-20-18(14-6-4-3-5-7-14)24-19(26-20)15(12-21)13-22/h3-11H,1-2H3/b23-20-. The Morgan fingerprint density at radius 2 is 1.65 bits per heavy atom. The van der Waals surface area contributed by atoms with Crippen LogP contribution < -0.4 is 4.90 Å². The van der Waals surface area contributed by atoms with Crippen LogP contribution in [0.15, 0.2) is 75.2 Å². The Bertz CT molecular complexity index is 971. The molecule has 0 aliphatic carbocycles. The van der Waals surface area contributed by atoms with Crippen LogP contribution >= 0.6 is 11.8 Å². The maximum atomic E-state index is 9.14. The fraction of sp³-hybridized carbons (Fsp3) is 0.100. The number of thioether (sulfide) groups is 1. The number of hydrogen-bond acceptors (Lipinski definition) is 6. The van der Waals surface area contributed by atoms with Gasteiger partial charge in [0.05, 0.1) is 5.69 Å². The summed E-state index contributed by atoms with van der Waals surface area (Å²) in [6.45, 7) is 0. The molecular weight excluding hydrogens is 342 g/mol. The maximum Gasteiger partial charge on any atom is 0.162 e. The van der Waals surface area contributed by atoms with Crippen LogP contribution in [0.4, 0.5) is 11.4 Å². The van der Waals surface area contributed by atoms with Gasteiger partial charge in [-0.05, 0) is 36.0 Å². The minimum atomic E-state index is -0.00316. The summed E-state index contributed by atoms with van der Waals surface area (Å²) in [6.07, 6.45) is 0. The van der Waals surface area contributed by atoms with E-state index in [1.165, 1.54) is 11.8 Å². The van der Waals surface area contributed by atoms with Gasteiger partial charge in [-0.1, -0.05) is 30.3 Å². The van der Waals surface area contributed by atoms with E-state index in [-0.39, 0.29) is 5.57 Å². The first-order valence-corrected chi connectivity index (χ1v) is 8.67. The summed E-state index contributed by atoms with van der Waals surface area (Å²) in [5, 5.41) is 19.3. The highest BCUT2D eigenvalue weighted by molar-refractivity contribution is 8.19. The average Bonchev–Trinajstić information content (AvgIpc) is 3.07. The molecule has 26 heavy (non-hydrogen) atoms. The maximum absolute atomic E-state index is 9.14. The highest BCUT2D eigenvalue weighted by atomic mass is 32.2. The molecule has 0 bridgehead atoms. The molecule has 0 spiro atoms. The zero-order valence-corrected chi connectivity index (χ0v) is 15.2. The molecule has 5 nitrogen and oxygen atoms in total. The molecule has 1 aliphatic heterocycles. The van der Waals surface area contributed by atoms with E-state index >= 15 is 0 Å². The van der Waals surface area contributed by atoms with Gasteiger partial charge in [0, 0.05) is 25.3 Å². The molecule has 0 amide bonds. The van der Waals surface area contributed by atoms with E-state index in [2.05, 4.69) is 4.99 Å². The van der Waals surface area contributed by atoms with Crippen molar-refractivity contribution in [2.45, 2.75) is 0 Å². The molecule has 1 aliphatic rings. The minimum Gasteiger partial charge on any atom is -0.378 e. The smallest absolute Gasteiger partial charge is 0.162 e. The zero-order chi connectivity index (χ0) is 18.5. The van der Waals surface area contributed by atoms with Gasteiger partial charge in [0.15, 0.2) is 5.57 Å². The monoisotopic (exact) mass is 357 g/mol. The molecular formula is C20H15N5S. The molecule has 0 aromatic heterocycles. The molecule has 0 atom stereocenters. The van der Waals surface area contributed by atoms with Gasteiger partial charge in [-0.25, -0.2) is 9.98 Å². The lowest BCUT2D eigenvalue weighted by molar-refractivity contribution is 1.13. The Labute approximate surface area is 156 Å². The highest BCUT2D eigenvalue weighted by Gasteiger charge is 2.25. The van der Waals surface area contributed by atoms with Crippen molar-refractivity contribution in [2.24, 2.45) is 9.98 Å². The van der Waals surface area contributed by atoms with Gasteiger partial charge in [-0.3, -0.25) is 0 Å². The Kier molecular flexibility index (Phi) is 5.17. The average molecular weight is 357 g/mol. The number of rotatable bonds is 3. The first kappa shape index (κ1) is 17.5. The summed E-state index contributed by atoms with van der Waals surface area (Å²) < 4.78 is 0. The van der Waals surface area contributed by atoms with Crippen molar-refractivity contribution in [3.8, 4) is 12.1 Å². The van der Waals surface area contributed by atoms with Gasteiger partial charge >= 0.3 is 0 Å². The van der Waals surface area contributed by atoms with Crippen LogP contribution in [0.2, 0.25) is 0 Å². The number of nitrogens with zero attached hydrogens (tertiary/aromatic N) is 5. The van der Waals surface area contributed by atoms with Crippen LogP contribution in [0.5, 0.6) is 0 Å². The van der Waals surface area contributed by atoms with Crippen molar-refractivity contribution < 1.29 is 0 Å².